The Labute approximate surface area is 130 Å². The third-order valence-corrected chi connectivity index (χ3v) is 3.70. The number of nitrogens with one attached hydrogen (secondary N) is 2. The fourth-order valence-corrected chi connectivity index (χ4v) is 2.21. The minimum atomic E-state index is -4.64. The first-order valence-electron chi connectivity index (χ1n) is 6.71. The van der Waals surface area contributed by atoms with Gasteiger partial charge in [0, 0.05) is 10.9 Å². The maximum atomic E-state index is 12.9. The van der Waals surface area contributed by atoms with Crippen molar-refractivity contribution in [2.24, 2.45) is 5.92 Å². The van der Waals surface area contributed by atoms with E-state index in [0.29, 0.717) is 0 Å². The van der Waals surface area contributed by atoms with Crippen molar-refractivity contribution in [3.63, 3.8) is 0 Å². The second-order valence-electron chi connectivity index (χ2n) is 5.08. The van der Waals surface area contributed by atoms with E-state index in [4.69, 9.17) is 11.6 Å². The van der Waals surface area contributed by atoms with E-state index in [9.17, 15) is 22.8 Å². The molecule has 1 aliphatic rings. The minimum absolute atomic E-state index is 0.0800. The summed E-state index contributed by atoms with van der Waals surface area (Å²) in [6.07, 6.45) is -2.10. The predicted octanol–water partition coefficient (Wildman–Crippen LogP) is 3.21. The molecule has 0 atom stereocenters. The highest BCUT2D eigenvalue weighted by Crippen LogP contribution is 2.36. The van der Waals surface area contributed by atoms with Crippen molar-refractivity contribution in [3.8, 4) is 0 Å². The Kier molecular flexibility index (Phi) is 4.95. The lowest BCUT2D eigenvalue weighted by Gasteiger charge is -2.23. The smallest absolute Gasteiger partial charge is 0.347 e. The van der Waals surface area contributed by atoms with Crippen LogP contribution in [0.5, 0.6) is 0 Å². The molecule has 1 fully saturated rings. The van der Waals surface area contributed by atoms with Gasteiger partial charge in [0.05, 0.1) is 17.8 Å². The molecular weight excluding hydrogens is 321 g/mol. The third-order valence-electron chi connectivity index (χ3n) is 3.46. The number of hydrogen-bond acceptors (Lipinski definition) is 2. The third kappa shape index (κ3) is 4.13. The number of halogens is 4. The maximum Gasteiger partial charge on any atom is 0.418 e. The van der Waals surface area contributed by atoms with Gasteiger partial charge >= 0.3 is 6.18 Å². The number of amides is 2. The van der Waals surface area contributed by atoms with E-state index >= 15 is 0 Å². The molecule has 1 aromatic carbocycles. The van der Waals surface area contributed by atoms with Crippen LogP contribution in [0.2, 0.25) is 5.02 Å². The van der Waals surface area contributed by atoms with Crippen molar-refractivity contribution in [1.82, 2.24) is 5.32 Å². The zero-order valence-corrected chi connectivity index (χ0v) is 12.2. The first-order chi connectivity index (χ1) is 10.3. The van der Waals surface area contributed by atoms with Crippen LogP contribution in [0.25, 0.3) is 0 Å². The highest BCUT2D eigenvalue weighted by Gasteiger charge is 2.34. The number of carbonyl (C=O) groups excluding carboxylic acids is 2. The Morgan fingerprint density at radius 1 is 1.27 bits per heavy atom. The number of hydrogen-bond donors (Lipinski definition) is 2. The van der Waals surface area contributed by atoms with Crippen LogP contribution >= 0.6 is 11.6 Å². The van der Waals surface area contributed by atoms with Crippen LogP contribution in [0.4, 0.5) is 18.9 Å². The van der Waals surface area contributed by atoms with Gasteiger partial charge in [-0.25, -0.2) is 0 Å². The second kappa shape index (κ2) is 6.56. The molecule has 2 amide bonds. The van der Waals surface area contributed by atoms with Crippen LogP contribution in [0.3, 0.4) is 0 Å². The van der Waals surface area contributed by atoms with E-state index in [1.54, 1.807) is 0 Å². The van der Waals surface area contributed by atoms with Crippen molar-refractivity contribution in [1.29, 1.82) is 0 Å². The number of alkyl halides is 3. The average Bonchev–Trinajstić information content (AvgIpc) is 2.35. The van der Waals surface area contributed by atoms with E-state index in [0.717, 1.165) is 31.4 Å². The molecule has 22 heavy (non-hydrogen) atoms. The molecule has 0 unspecified atom stereocenters. The summed E-state index contributed by atoms with van der Waals surface area (Å²) in [5, 5.41) is 4.48. The predicted molar refractivity (Wildman–Crippen MR) is 75.4 cm³/mol. The van der Waals surface area contributed by atoms with Gasteiger partial charge in [-0.1, -0.05) is 18.0 Å². The summed E-state index contributed by atoms with van der Waals surface area (Å²) in [4.78, 5) is 23.2. The molecule has 0 spiro atoms. The van der Waals surface area contributed by atoms with Crippen LogP contribution < -0.4 is 10.6 Å². The molecule has 2 rings (SSSR count). The van der Waals surface area contributed by atoms with Crippen LogP contribution in [0.15, 0.2) is 18.2 Å². The minimum Gasteiger partial charge on any atom is -0.347 e. The number of benzene rings is 1. The Hall–Kier alpha value is -1.76. The Morgan fingerprint density at radius 2 is 1.95 bits per heavy atom. The fraction of sp³-hybridized carbons (Fsp3) is 0.429. The first kappa shape index (κ1) is 16.6. The summed E-state index contributed by atoms with van der Waals surface area (Å²) in [6, 6.07) is 3.07. The standard InChI is InChI=1S/C14H14ClF3N2O2/c15-9-4-5-11(10(6-9)14(16,17)18)20-12(21)7-19-13(22)8-2-1-3-8/h4-6,8H,1-3,7H2,(H,19,22)(H,20,21). The molecule has 0 heterocycles. The molecule has 1 aliphatic carbocycles. The quantitative estimate of drug-likeness (QED) is 0.888. The van der Waals surface area contributed by atoms with Gasteiger partial charge in [-0.15, -0.1) is 0 Å². The van der Waals surface area contributed by atoms with Crippen LogP contribution in [0, 0.1) is 5.92 Å². The molecule has 0 bridgehead atoms. The molecule has 0 radical (unpaired) electrons. The molecule has 1 aromatic rings. The van der Waals surface area contributed by atoms with Crippen molar-refractivity contribution in [2.45, 2.75) is 25.4 Å². The van der Waals surface area contributed by atoms with E-state index in [1.165, 1.54) is 6.07 Å². The molecule has 4 nitrogen and oxygen atoms in total. The summed E-state index contributed by atoms with van der Waals surface area (Å²) in [5.74, 6) is -1.05. The Morgan fingerprint density at radius 3 is 2.50 bits per heavy atom. The normalized spacial score (nSPS) is 15.1. The number of anilines is 1. The lowest BCUT2D eigenvalue weighted by Crippen LogP contribution is -2.39. The number of rotatable bonds is 4. The SMILES string of the molecule is O=C(CNC(=O)C1CCC1)Nc1ccc(Cl)cc1C(F)(F)F. The first-order valence-corrected chi connectivity index (χ1v) is 7.09. The summed E-state index contributed by atoms with van der Waals surface area (Å²) in [6.45, 7) is -0.366. The van der Waals surface area contributed by atoms with Gasteiger partial charge in [0.2, 0.25) is 11.8 Å². The largest absolute Gasteiger partial charge is 0.418 e. The zero-order chi connectivity index (χ0) is 16.3. The maximum absolute atomic E-state index is 12.9. The Bertz CT molecular complexity index is 586. The van der Waals surface area contributed by atoms with Gasteiger partial charge in [0.25, 0.3) is 0 Å². The highest BCUT2D eigenvalue weighted by molar-refractivity contribution is 6.30. The Balaban J connectivity index is 1.97. The van der Waals surface area contributed by atoms with Gasteiger partial charge < -0.3 is 10.6 Å². The van der Waals surface area contributed by atoms with E-state index in [1.807, 2.05) is 0 Å². The van der Waals surface area contributed by atoms with Crippen LogP contribution in [-0.2, 0) is 15.8 Å². The van der Waals surface area contributed by atoms with Crippen molar-refractivity contribution in [3.05, 3.63) is 28.8 Å². The fourth-order valence-electron chi connectivity index (χ4n) is 2.04. The summed E-state index contributed by atoms with van der Waals surface area (Å²) in [5.41, 5.74) is -1.42. The molecule has 2 N–H and O–H groups in total. The van der Waals surface area contributed by atoms with Crippen molar-refractivity contribution < 1.29 is 22.8 Å². The second-order valence-corrected chi connectivity index (χ2v) is 5.52. The summed E-state index contributed by atoms with van der Waals surface area (Å²) >= 11 is 5.55. The van der Waals surface area contributed by atoms with Gasteiger partial charge in [-0.2, -0.15) is 13.2 Å². The van der Waals surface area contributed by atoms with E-state index in [2.05, 4.69) is 10.6 Å². The molecule has 0 saturated heterocycles. The van der Waals surface area contributed by atoms with Crippen LogP contribution in [-0.4, -0.2) is 18.4 Å². The zero-order valence-electron chi connectivity index (χ0n) is 11.5. The molecule has 0 aliphatic heterocycles. The van der Waals surface area contributed by atoms with Crippen molar-refractivity contribution in [2.75, 3.05) is 11.9 Å². The lowest BCUT2D eigenvalue weighted by molar-refractivity contribution is -0.137. The topological polar surface area (TPSA) is 58.2 Å². The van der Waals surface area contributed by atoms with Crippen molar-refractivity contribution >= 4 is 29.1 Å². The van der Waals surface area contributed by atoms with Gasteiger partial charge in [0.1, 0.15) is 0 Å². The molecular formula is C14H14ClF3N2O2. The molecule has 8 heteroatoms. The van der Waals surface area contributed by atoms with Gasteiger partial charge in [-0.3, -0.25) is 9.59 Å². The average molecular weight is 335 g/mol. The number of carbonyl (C=O) groups is 2. The van der Waals surface area contributed by atoms with Gasteiger partial charge in [-0.05, 0) is 31.0 Å². The van der Waals surface area contributed by atoms with Gasteiger partial charge in [0.15, 0.2) is 0 Å². The summed E-state index contributed by atoms with van der Waals surface area (Å²) < 4.78 is 38.6. The van der Waals surface area contributed by atoms with E-state index < -0.39 is 17.6 Å². The lowest BCUT2D eigenvalue weighted by atomic mass is 9.85. The molecule has 120 valence electrons. The summed E-state index contributed by atoms with van der Waals surface area (Å²) in [7, 11) is 0. The van der Waals surface area contributed by atoms with E-state index in [-0.39, 0.29) is 29.1 Å². The monoisotopic (exact) mass is 334 g/mol. The molecule has 0 aromatic heterocycles. The highest BCUT2D eigenvalue weighted by atomic mass is 35.5. The van der Waals surface area contributed by atoms with Crippen LogP contribution in [0.1, 0.15) is 24.8 Å². The molecule has 1 saturated carbocycles.